The Morgan fingerprint density at radius 3 is 2.92 bits per heavy atom. The second-order valence-corrected chi connectivity index (χ2v) is 5.74. The molecule has 0 atom stereocenters. The monoisotopic (exact) mass is 351 g/mol. The molecule has 1 aliphatic rings. The van der Waals surface area contributed by atoms with E-state index in [-0.39, 0.29) is 12.4 Å². The molecule has 26 heavy (non-hydrogen) atoms. The van der Waals surface area contributed by atoms with Crippen molar-refractivity contribution < 1.29 is 14.2 Å². The SMILES string of the molecule is COc1cccc(CNc2nc(=O)c(-c3ccc4c(c3)OCO4)c[nH]2)c1. The molecule has 4 rings (SSSR count). The van der Waals surface area contributed by atoms with Gasteiger partial charge in [0.25, 0.3) is 5.56 Å². The fourth-order valence-electron chi connectivity index (χ4n) is 2.73. The van der Waals surface area contributed by atoms with Gasteiger partial charge in [0.15, 0.2) is 11.5 Å². The van der Waals surface area contributed by atoms with Gasteiger partial charge in [-0.3, -0.25) is 4.79 Å². The lowest BCUT2D eigenvalue weighted by atomic mass is 10.1. The first-order valence-corrected chi connectivity index (χ1v) is 8.09. The summed E-state index contributed by atoms with van der Waals surface area (Å²) in [6.07, 6.45) is 1.64. The summed E-state index contributed by atoms with van der Waals surface area (Å²) in [5.74, 6) is 2.49. The molecule has 0 saturated carbocycles. The molecule has 7 nitrogen and oxygen atoms in total. The Morgan fingerprint density at radius 1 is 1.19 bits per heavy atom. The Kier molecular flexibility index (Phi) is 4.18. The van der Waals surface area contributed by atoms with Crippen molar-refractivity contribution in [2.45, 2.75) is 6.54 Å². The lowest BCUT2D eigenvalue weighted by Crippen LogP contribution is -2.14. The van der Waals surface area contributed by atoms with Crippen molar-refractivity contribution in [3.63, 3.8) is 0 Å². The van der Waals surface area contributed by atoms with Crippen LogP contribution in [0.4, 0.5) is 5.95 Å². The number of anilines is 1. The predicted molar refractivity (Wildman–Crippen MR) is 96.7 cm³/mol. The Bertz CT molecular complexity index is 1000. The highest BCUT2D eigenvalue weighted by Gasteiger charge is 2.15. The Labute approximate surface area is 149 Å². The predicted octanol–water partition coefficient (Wildman–Crippen LogP) is 2.79. The Morgan fingerprint density at radius 2 is 2.08 bits per heavy atom. The van der Waals surface area contributed by atoms with E-state index in [0.717, 1.165) is 16.9 Å². The number of hydrogen-bond acceptors (Lipinski definition) is 6. The molecule has 3 aromatic rings. The number of nitrogens with one attached hydrogen (secondary N) is 2. The molecule has 2 N–H and O–H groups in total. The van der Waals surface area contributed by atoms with E-state index in [0.29, 0.717) is 29.6 Å². The zero-order valence-electron chi connectivity index (χ0n) is 14.1. The molecule has 1 aliphatic heterocycles. The maximum atomic E-state index is 12.4. The van der Waals surface area contributed by atoms with E-state index in [4.69, 9.17) is 14.2 Å². The van der Waals surface area contributed by atoms with Gasteiger partial charge in [0.1, 0.15) is 5.75 Å². The highest BCUT2D eigenvalue weighted by atomic mass is 16.7. The number of hydrogen-bond donors (Lipinski definition) is 2. The van der Waals surface area contributed by atoms with Crippen LogP contribution >= 0.6 is 0 Å². The van der Waals surface area contributed by atoms with Crippen LogP contribution in [0, 0.1) is 0 Å². The third-order valence-corrected chi connectivity index (χ3v) is 4.07. The third-order valence-electron chi connectivity index (χ3n) is 4.07. The van der Waals surface area contributed by atoms with Crippen LogP contribution < -0.4 is 25.1 Å². The van der Waals surface area contributed by atoms with Crippen LogP contribution in [0.25, 0.3) is 11.1 Å². The van der Waals surface area contributed by atoms with E-state index >= 15 is 0 Å². The number of fused-ring (bicyclic) bond motifs is 1. The standard InChI is InChI=1S/C19H17N3O4/c1-24-14-4-2-3-12(7-14)9-20-19-21-10-15(18(23)22-19)13-5-6-16-17(8-13)26-11-25-16/h2-8,10H,9,11H2,1H3,(H2,20,21,22,23). The number of ether oxygens (including phenoxy) is 3. The van der Waals surface area contributed by atoms with Crippen LogP contribution in [0.5, 0.6) is 17.2 Å². The summed E-state index contributed by atoms with van der Waals surface area (Å²) < 4.78 is 15.8. The number of rotatable bonds is 5. The molecule has 0 aliphatic carbocycles. The van der Waals surface area contributed by atoms with Gasteiger partial charge >= 0.3 is 0 Å². The van der Waals surface area contributed by atoms with Crippen LogP contribution in [0.1, 0.15) is 5.56 Å². The molecule has 0 bridgehead atoms. The number of benzene rings is 2. The first-order valence-electron chi connectivity index (χ1n) is 8.09. The van der Waals surface area contributed by atoms with Gasteiger partial charge in [-0.1, -0.05) is 18.2 Å². The van der Waals surface area contributed by atoms with Crippen molar-refractivity contribution in [3.8, 4) is 28.4 Å². The van der Waals surface area contributed by atoms with Gasteiger partial charge in [0.2, 0.25) is 12.7 Å². The molecule has 0 saturated heterocycles. The third kappa shape index (κ3) is 3.19. The van der Waals surface area contributed by atoms with Crippen LogP contribution in [0.3, 0.4) is 0 Å². The number of aromatic nitrogens is 2. The highest BCUT2D eigenvalue weighted by Crippen LogP contribution is 2.34. The first kappa shape index (κ1) is 16.0. The van der Waals surface area contributed by atoms with Crippen LogP contribution in [0.15, 0.2) is 53.5 Å². The molecule has 0 spiro atoms. The topological polar surface area (TPSA) is 85.5 Å². The number of H-pyrrole nitrogens is 1. The van der Waals surface area contributed by atoms with Gasteiger partial charge in [0, 0.05) is 12.7 Å². The first-order chi connectivity index (χ1) is 12.7. The second kappa shape index (κ2) is 6.79. The summed E-state index contributed by atoms with van der Waals surface area (Å²) in [6, 6.07) is 13.0. The van der Waals surface area contributed by atoms with E-state index in [1.54, 1.807) is 25.4 Å². The average molecular weight is 351 g/mol. The van der Waals surface area contributed by atoms with Gasteiger partial charge in [-0.15, -0.1) is 0 Å². The minimum Gasteiger partial charge on any atom is -0.497 e. The molecule has 132 valence electrons. The molecule has 0 amide bonds. The van der Waals surface area contributed by atoms with Crippen molar-refractivity contribution in [1.82, 2.24) is 9.97 Å². The number of aromatic amines is 1. The van der Waals surface area contributed by atoms with Crippen molar-refractivity contribution in [3.05, 3.63) is 64.6 Å². The van der Waals surface area contributed by atoms with Gasteiger partial charge < -0.3 is 24.5 Å². The van der Waals surface area contributed by atoms with Crippen LogP contribution in [-0.4, -0.2) is 23.9 Å². The molecule has 1 aromatic heterocycles. The maximum Gasteiger partial charge on any atom is 0.282 e. The Hall–Kier alpha value is -3.48. The second-order valence-electron chi connectivity index (χ2n) is 5.74. The zero-order valence-corrected chi connectivity index (χ0v) is 14.1. The van der Waals surface area contributed by atoms with Gasteiger partial charge in [-0.25, -0.2) is 0 Å². The molecule has 0 unspecified atom stereocenters. The van der Waals surface area contributed by atoms with Gasteiger partial charge in [0.05, 0.1) is 12.7 Å². The average Bonchev–Trinajstić information content (AvgIpc) is 3.14. The normalized spacial score (nSPS) is 12.0. The molecular weight excluding hydrogens is 334 g/mol. The van der Waals surface area contributed by atoms with E-state index in [1.807, 2.05) is 30.3 Å². The summed E-state index contributed by atoms with van der Waals surface area (Å²) in [5, 5.41) is 3.11. The fraction of sp³-hybridized carbons (Fsp3) is 0.158. The van der Waals surface area contributed by atoms with Crippen LogP contribution in [-0.2, 0) is 6.54 Å². The summed E-state index contributed by atoms with van der Waals surface area (Å²) in [4.78, 5) is 19.5. The molecule has 7 heteroatoms. The number of nitrogens with zero attached hydrogens (tertiary/aromatic N) is 1. The van der Waals surface area contributed by atoms with E-state index < -0.39 is 0 Å². The molecule has 2 heterocycles. The molecule has 0 radical (unpaired) electrons. The summed E-state index contributed by atoms with van der Waals surface area (Å²) in [6.45, 7) is 0.712. The smallest absolute Gasteiger partial charge is 0.282 e. The molecule has 2 aromatic carbocycles. The molecule has 0 fully saturated rings. The van der Waals surface area contributed by atoms with E-state index in [1.165, 1.54) is 0 Å². The van der Waals surface area contributed by atoms with Gasteiger partial charge in [-0.05, 0) is 35.4 Å². The summed E-state index contributed by atoms with van der Waals surface area (Å²) in [7, 11) is 1.63. The van der Waals surface area contributed by atoms with E-state index in [9.17, 15) is 4.79 Å². The quantitative estimate of drug-likeness (QED) is 0.735. The fourth-order valence-corrected chi connectivity index (χ4v) is 2.73. The zero-order chi connectivity index (χ0) is 17.9. The summed E-state index contributed by atoms with van der Waals surface area (Å²) >= 11 is 0. The lowest BCUT2D eigenvalue weighted by Gasteiger charge is -2.08. The van der Waals surface area contributed by atoms with Gasteiger partial charge in [-0.2, -0.15) is 4.98 Å². The lowest BCUT2D eigenvalue weighted by molar-refractivity contribution is 0.174. The number of methoxy groups -OCH3 is 1. The van der Waals surface area contributed by atoms with Crippen LogP contribution in [0.2, 0.25) is 0 Å². The Balaban J connectivity index is 1.51. The minimum absolute atomic E-state index is 0.195. The highest BCUT2D eigenvalue weighted by molar-refractivity contribution is 5.66. The summed E-state index contributed by atoms with van der Waals surface area (Å²) in [5.41, 5.74) is 1.89. The molecular formula is C19H17N3O4. The van der Waals surface area contributed by atoms with Crippen molar-refractivity contribution in [2.24, 2.45) is 0 Å². The largest absolute Gasteiger partial charge is 0.497 e. The van der Waals surface area contributed by atoms with E-state index in [2.05, 4.69) is 15.3 Å². The minimum atomic E-state index is -0.323. The van der Waals surface area contributed by atoms with Crippen molar-refractivity contribution in [1.29, 1.82) is 0 Å². The maximum absolute atomic E-state index is 12.4. The van der Waals surface area contributed by atoms with Crippen molar-refractivity contribution in [2.75, 3.05) is 19.2 Å². The van der Waals surface area contributed by atoms with Crippen molar-refractivity contribution >= 4 is 5.95 Å².